The van der Waals surface area contributed by atoms with Crippen molar-refractivity contribution in [1.82, 2.24) is 5.32 Å². The molecule has 0 saturated heterocycles. The van der Waals surface area contributed by atoms with Gasteiger partial charge < -0.3 is 20.5 Å². The van der Waals surface area contributed by atoms with Crippen molar-refractivity contribution in [3.8, 4) is 0 Å². The number of benzene rings is 2. The van der Waals surface area contributed by atoms with Gasteiger partial charge in [-0.25, -0.2) is 8.78 Å². The zero-order valence-corrected chi connectivity index (χ0v) is 19.1. The van der Waals surface area contributed by atoms with E-state index in [-0.39, 0.29) is 29.5 Å². The molecule has 33 heavy (non-hydrogen) atoms. The number of ether oxygens (including phenoxy) is 1. The largest absolute Gasteiger partial charge is 0.468 e. The number of rotatable bonds is 8. The molecule has 2 aromatic rings. The van der Waals surface area contributed by atoms with Crippen molar-refractivity contribution in [2.75, 3.05) is 19.0 Å². The van der Waals surface area contributed by atoms with Crippen molar-refractivity contribution < 1.29 is 33.0 Å². The standard InChI is InChI=1S/C22H21ClF2N2O5S/c1-32-20(29)11-26-19(28)10-22(31)8-14(9-22)33-18-6-12(2-4-15(18)23)21(30)27-13-3-5-16(24)17(25)7-13/h2-7,14,31H,8-11H2,1H3,(H,26,28)(H,27,30). The number of amides is 2. The molecule has 0 atom stereocenters. The number of nitrogens with one attached hydrogen (secondary N) is 2. The molecule has 2 amide bonds. The Bertz CT molecular complexity index is 1080. The number of esters is 1. The van der Waals surface area contributed by atoms with Crippen molar-refractivity contribution in [3.63, 3.8) is 0 Å². The predicted molar refractivity (Wildman–Crippen MR) is 119 cm³/mol. The number of halogens is 3. The van der Waals surface area contributed by atoms with Crippen molar-refractivity contribution in [2.24, 2.45) is 0 Å². The van der Waals surface area contributed by atoms with E-state index in [9.17, 15) is 28.3 Å². The highest BCUT2D eigenvalue weighted by Gasteiger charge is 2.44. The van der Waals surface area contributed by atoms with Gasteiger partial charge in [0.25, 0.3) is 5.91 Å². The summed E-state index contributed by atoms with van der Waals surface area (Å²) in [7, 11) is 1.21. The first kappa shape index (κ1) is 24.9. The number of aliphatic hydroxyl groups is 1. The quantitative estimate of drug-likeness (QED) is 0.481. The molecule has 1 saturated carbocycles. The SMILES string of the molecule is COC(=O)CNC(=O)CC1(O)CC(Sc2cc(C(=O)Nc3ccc(F)c(F)c3)ccc2Cl)C1. The zero-order valence-electron chi connectivity index (χ0n) is 17.5. The van der Waals surface area contributed by atoms with Gasteiger partial charge in [0.05, 0.1) is 24.2 Å². The fourth-order valence-electron chi connectivity index (χ4n) is 3.31. The Hall–Kier alpha value is -2.69. The monoisotopic (exact) mass is 498 g/mol. The third kappa shape index (κ3) is 6.66. The second-order valence-corrected chi connectivity index (χ2v) is 9.38. The normalized spacial score (nSPS) is 19.4. The molecular formula is C22H21ClF2N2O5S. The van der Waals surface area contributed by atoms with Gasteiger partial charge in [-0.15, -0.1) is 11.8 Å². The molecule has 0 aliphatic heterocycles. The van der Waals surface area contributed by atoms with E-state index >= 15 is 0 Å². The number of hydrogen-bond donors (Lipinski definition) is 3. The molecule has 176 valence electrons. The van der Waals surface area contributed by atoms with Crippen molar-refractivity contribution in [2.45, 2.75) is 35.0 Å². The first-order valence-electron chi connectivity index (χ1n) is 9.87. The highest BCUT2D eigenvalue weighted by atomic mass is 35.5. The fourth-order valence-corrected chi connectivity index (χ4v) is 5.08. The summed E-state index contributed by atoms with van der Waals surface area (Å²) in [6.07, 6.45) is 0.501. The topological polar surface area (TPSA) is 105 Å². The van der Waals surface area contributed by atoms with E-state index in [1.807, 2.05) is 0 Å². The van der Waals surface area contributed by atoms with Gasteiger partial charge in [-0.05, 0) is 43.2 Å². The molecule has 2 aromatic carbocycles. The Morgan fingerprint density at radius 3 is 2.58 bits per heavy atom. The van der Waals surface area contributed by atoms with Gasteiger partial charge in [0.2, 0.25) is 5.91 Å². The first-order valence-corrected chi connectivity index (χ1v) is 11.1. The second kappa shape index (κ2) is 10.5. The molecule has 3 rings (SSSR count). The van der Waals surface area contributed by atoms with Gasteiger partial charge in [0.15, 0.2) is 11.6 Å². The number of thioether (sulfide) groups is 1. The van der Waals surface area contributed by atoms with E-state index in [1.54, 1.807) is 12.1 Å². The summed E-state index contributed by atoms with van der Waals surface area (Å²) >= 11 is 7.61. The molecule has 1 aliphatic rings. The van der Waals surface area contributed by atoms with E-state index < -0.39 is 35.0 Å². The van der Waals surface area contributed by atoms with Crippen molar-refractivity contribution >= 4 is 46.8 Å². The maximum Gasteiger partial charge on any atom is 0.325 e. The lowest BCUT2D eigenvalue weighted by Crippen LogP contribution is -2.49. The van der Waals surface area contributed by atoms with Crippen molar-refractivity contribution in [1.29, 1.82) is 0 Å². The van der Waals surface area contributed by atoms with Crippen LogP contribution in [0.15, 0.2) is 41.3 Å². The highest BCUT2D eigenvalue weighted by molar-refractivity contribution is 8.00. The first-order chi connectivity index (χ1) is 15.6. The molecule has 0 heterocycles. The van der Waals surface area contributed by atoms with Crippen molar-refractivity contribution in [3.05, 3.63) is 58.6 Å². The van der Waals surface area contributed by atoms with Gasteiger partial charge in [-0.3, -0.25) is 14.4 Å². The third-order valence-electron chi connectivity index (χ3n) is 5.03. The van der Waals surface area contributed by atoms with Crippen LogP contribution in [-0.2, 0) is 14.3 Å². The molecule has 0 spiro atoms. The van der Waals surface area contributed by atoms with E-state index in [0.29, 0.717) is 22.8 Å². The Kier molecular flexibility index (Phi) is 7.93. The third-order valence-corrected chi connectivity index (χ3v) is 6.73. The zero-order chi connectivity index (χ0) is 24.2. The number of carbonyl (C=O) groups is 3. The average Bonchev–Trinajstić information content (AvgIpc) is 2.74. The summed E-state index contributed by atoms with van der Waals surface area (Å²) < 4.78 is 30.9. The number of carbonyl (C=O) groups excluding carboxylic acids is 3. The molecule has 1 fully saturated rings. The van der Waals surface area contributed by atoms with Crippen LogP contribution in [0.3, 0.4) is 0 Å². The summed E-state index contributed by atoms with van der Waals surface area (Å²) in [5.41, 5.74) is -0.813. The van der Waals surface area contributed by atoms with E-state index in [2.05, 4.69) is 15.4 Å². The van der Waals surface area contributed by atoms with E-state index in [4.69, 9.17) is 11.6 Å². The molecule has 0 bridgehead atoms. The molecule has 1 aliphatic carbocycles. The summed E-state index contributed by atoms with van der Waals surface area (Å²) in [6.45, 7) is -0.265. The minimum atomic E-state index is -1.19. The Labute approximate surface area is 197 Å². The second-order valence-electron chi connectivity index (χ2n) is 7.63. The average molecular weight is 499 g/mol. The smallest absolute Gasteiger partial charge is 0.325 e. The van der Waals surface area contributed by atoms with Crippen LogP contribution in [0.1, 0.15) is 29.6 Å². The number of methoxy groups -OCH3 is 1. The van der Waals surface area contributed by atoms with Crippen LogP contribution in [0.5, 0.6) is 0 Å². The molecule has 11 heteroatoms. The molecular weight excluding hydrogens is 478 g/mol. The lowest BCUT2D eigenvalue weighted by Gasteiger charge is -2.43. The summed E-state index contributed by atoms with van der Waals surface area (Å²) in [5.74, 6) is -3.65. The molecule has 0 aromatic heterocycles. The van der Waals surface area contributed by atoms with Crippen LogP contribution in [0.4, 0.5) is 14.5 Å². The lowest BCUT2D eigenvalue weighted by atomic mass is 9.77. The van der Waals surface area contributed by atoms with E-state index in [0.717, 1.165) is 12.1 Å². The fraction of sp³-hybridized carbons (Fsp3) is 0.318. The summed E-state index contributed by atoms with van der Waals surface area (Å²) in [6, 6.07) is 7.68. The molecule has 0 unspecified atom stereocenters. The maximum atomic E-state index is 13.4. The summed E-state index contributed by atoms with van der Waals surface area (Å²) in [5, 5.41) is 15.8. The van der Waals surface area contributed by atoms with Crippen LogP contribution in [0, 0.1) is 11.6 Å². The van der Waals surface area contributed by atoms with Gasteiger partial charge in [0.1, 0.15) is 6.54 Å². The maximum absolute atomic E-state index is 13.4. The van der Waals surface area contributed by atoms with Crippen LogP contribution >= 0.6 is 23.4 Å². The lowest BCUT2D eigenvalue weighted by molar-refractivity contribution is -0.142. The minimum absolute atomic E-state index is 0.0367. The van der Waals surface area contributed by atoms with Gasteiger partial charge >= 0.3 is 5.97 Å². The summed E-state index contributed by atoms with van der Waals surface area (Å²) in [4.78, 5) is 36.1. The highest BCUT2D eigenvalue weighted by Crippen LogP contribution is 2.46. The van der Waals surface area contributed by atoms with Gasteiger partial charge in [-0.2, -0.15) is 0 Å². The van der Waals surface area contributed by atoms with Crippen LogP contribution in [0.2, 0.25) is 5.02 Å². The molecule has 0 radical (unpaired) electrons. The van der Waals surface area contributed by atoms with E-state index in [1.165, 1.54) is 31.0 Å². The van der Waals surface area contributed by atoms with Crippen LogP contribution in [-0.4, -0.2) is 47.4 Å². The predicted octanol–water partition coefficient (Wildman–Crippen LogP) is 3.54. The number of anilines is 1. The Balaban J connectivity index is 1.56. The van der Waals surface area contributed by atoms with Crippen LogP contribution < -0.4 is 10.6 Å². The Morgan fingerprint density at radius 2 is 1.91 bits per heavy atom. The Morgan fingerprint density at radius 1 is 1.18 bits per heavy atom. The van der Waals surface area contributed by atoms with Gasteiger partial charge in [0, 0.05) is 27.5 Å². The van der Waals surface area contributed by atoms with Crippen LogP contribution in [0.25, 0.3) is 0 Å². The molecule has 3 N–H and O–H groups in total. The number of hydrogen-bond acceptors (Lipinski definition) is 6. The minimum Gasteiger partial charge on any atom is -0.468 e. The molecule has 7 nitrogen and oxygen atoms in total. The van der Waals surface area contributed by atoms with Gasteiger partial charge in [-0.1, -0.05) is 11.6 Å².